The van der Waals surface area contributed by atoms with Crippen LogP contribution in [-0.4, -0.2) is 74.1 Å². The lowest BCUT2D eigenvalue weighted by atomic mass is 10.2. The Morgan fingerprint density at radius 1 is 1.33 bits per heavy atom. The SMILES string of the molecule is CC(C)N(C)CCNC(=O)C(C)N1CCNCC1. The molecule has 106 valence electrons. The van der Waals surface area contributed by atoms with Crippen LogP contribution in [0.5, 0.6) is 0 Å². The minimum absolute atomic E-state index is 0.0172. The monoisotopic (exact) mass is 256 g/mol. The maximum Gasteiger partial charge on any atom is 0.237 e. The van der Waals surface area contributed by atoms with Crippen molar-refractivity contribution in [1.82, 2.24) is 20.4 Å². The van der Waals surface area contributed by atoms with E-state index in [9.17, 15) is 4.79 Å². The first-order valence-electron chi connectivity index (χ1n) is 6.95. The normalized spacial score (nSPS) is 19.2. The topological polar surface area (TPSA) is 47.6 Å². The molecule has 0 radical (unpaired) electrons. The third kappa shape index (κ3) is 4.92. The van der Waals surface area contributed by atoms with Crippen molar-refractivity contribution in [3.05, 3.63) is 0 Å². The van der Waals surface area contributed by atoms with Crippen LogP contribution in [0.4, 0.5) is 0 Å². The van der Waals surface area contributed by atoms with E-state index in [1.165, 1.54) is 0 Å². The van der Waals surface area contributed by atoms with Crippen molar-refractivity contribution in [3.63, 3.8) is 0 Å². The molecule has 18 heavy (non-hydrogen) atoms. The van der Waals surface area contributed by atoms with Gasteiger partial charge in [-0.05, 0) is 27.8 Å². The van der Waals surface area contributed by atoms with Crippen molar-refractivity contribution in [3.8, 4) is 0 Å². The molecular weight excluding hydrogens is 228 g/mol. The van der Waals surface area contributed by atoms with Crippen LogP contribution in [0.15, 0.2) is 0 Å². The van der Waals surface area contributed by atoms with Crippen molar-refractivity contribution < 1.29 is 4.79 Å². The number of piperazine rings is 1. The molecule has 1 atom stereocenters. The zero-order chi connectivity index (χ0) is 13.5. The van der Waals surface area contributed by atoms with Gasteiger partial charge >= 0.3 is 0 Å². The molecule has 1 amide bonds. The van der Waals surface area contributed by atoms with E-state index in [1.54, 1.807) is 0 Å². The van der Waals surface area contributed by atoms with E-state index in [0.29, 0.717) is 6.04 Å². The number of carbonyl (C=O) groups is 1. The highest BCUT2D eigenvalue weighted by Crippen LogP contribution is 2.01. The molecule has 1 heterocycles. The number of hydrogen-bond donors (Lipinski definition) is 2. The van der Waals surface area contributed by atoms with E-state index in [-0.39, 0.29) is 11.9 Å². The van der Waals surface area contributed by atoms with Crippen LogP contribution in [0.3, 0.4) is 0 Å². The predicted molar refractivity (Wildman–Crippen MR) is 74.7 cm³/mol. The lowest BCUT2D eigenvalue weighted by Crippen LogP contribution is -2.53. The molecule has 1 fully saturated rings. The molecule has 0 bridgehead atoms. The summed E-state index contributed by atoms with van der Waals surface area (Å²) in [6.07, 6.45) is 0. The van der Waals surface area contributed by atoms with Crippen LogP contribution in [-0.2, 0) is 4.79 Å². The Balaban J connectivity index is 2.23. The van der Waals surface area contributed by atoms with Crippen LogP contribution in [0.1, 0.15) is 20.8 Å². The number of rotatable bonds is 6. The Hall–Kier alpha value is -0.650. The molecule has 1 unspecified atom stereocenters. The fraction of sp³-hybridized carbons (Fsp3) is 0.923. The van der Waals surface area contributed by atoms with E-state index < -0.39 is 0 Å². The largest absolute Gasteiger partial charge is 0.353 e. The van der Waals surface area contributed by atoms with Gasteiger partial charge in [0.25, 0.3) is 0 Å². The quantitative estimate of drug-likeness (QED) is 0.687. The number of nitrogens with zero attached hydrogens (tertiary/aromatic N) is 2. The summed E-state index contributed by atoms with van der Waals surface area (Å²) in [7, 11) is 2.08. The molecule has 0 saturated carbocycles. The first-order chi connectivity index (χ1) is 8.52. The van der Waals surface area contributed by atoms with Crippen LogP contribution >= 0.6 is 0 Å². The van der Waals surface area contributed by atoms with Gasteiger partial charge in [-0.3, -0.25) is 9.69 Å². The summed E-state index contributed by atoms with van der Waals surface area (Å²) in [5.74, 6) is 0.147. The van der Waals surface area contributed by atoms with E-state index in [4.69, 9.17) is 0 Å². The minimum Gasteiger partial charge on any atom is -0.353 e. The second-order valence-corrected chi connectivity index (χ2v) is 5.33. The molecule has 1 saturated heterocycles. The molecule has 1 aliphatic heterocycles. The van der Waals surface area contributed by atoms with Gasteiger partial charge in [-0.15, -0.1) is 0 Å². The molecular formula is C13H28N4O. The molecule has 1 rings (SSSR count). The Morgan fingerprint density at radius 2 is 1.94 bits per heavy atom. The maximum atomic E-state index is 12.0. The number of nitrogens with one attached hydrogen (secondary N) is 2. The number of likely N-dealkylation sites (N-methyl/N-ethyl adjacent to an activating group) is 1. The summed E-state index contributed by atoms with van der Waals surface area (Å²) in [4.78, 5) is 16.5. The molecule has 2 N–H and O–H groups in total. The molecule has 5 nitrogen and oxygen atoms in total. The van der Waals surface area contributed by atoms with Gasteiger partial charge < -0.3 is 15.5 Å². The van der Waals surface area contributed by atoms with Crippen molar-refractivity contribution in [2.45, 2.75) is 32.9 Å². The molecule has 5 heteroatoms. The Morgan fingerprint density at radius 3 is 2.50 bits per heavy atom. The number of hydrogen-bond acceptors (Lipinski definition) is 4. The van der Waals surface area contributed by atoms with Crippen LogP contribution in [0.25, 0.3) is 0 Å². The van der Waals surface area contributed by atoms with Crippen LogP contribution in [0.2, 0.25) is 0 Å². The van der Waals surface area contributed by atoms with E-state index in [1.807, 2.05) is 6.92 Å². The lowest BCUT2D eigenvalue weighted by molar-refractivity contribution is -0.126. The van der Waals surface area contributed by atoms with Crippen molar-refractivity contribution >= 4 is 5.91 Å². The second-order valence-electron chi connectivity index (χ2n) is 5.33. The summed E-state index contributed by atoms with van der Waals surface area (Å²) in [5.41, 5.74) is 0. The summed E-state index contributed by atoms with van der Waals surface area (Å²) in [6.45, 7) is 11.8. The fourth-order valence-electron chi connectivity index (χ4n) is 2.00. The van der Waals surface area contributed by atoms with Gasteiger partial charge in [0.15, 0.2) is 0 Å². The van der Waals surface area contributed by atoms with Crippen LogP contribution in [0, 0.1) is 0 Å². The molecule has 1 aliphatic rings. The highest BCUT2D eigenvalue weighted by molar-refractivity contribution is 5.81. The van der Waals surface area contributed by atoms with E-state index >= 15 is 0 Å². The highest BCUT2D eigenvalue weighted by atomic mass is 16.2. The average molecular weight is 256 g/mol. The molecule has 0 aromatic rings. The standard InChI is InChI=1S/C13H28N4O/c1-11(2)16(4)8-7-15-13(18)12(3)17-9-5-14-6-10-17/h11-12,14H,5-10H2,1-4H3,(H,15,18). The highest BCUT2D eigenvalue weighted by Gasteiger charge is 2.22. The van der Waals surface area contributed by atoms with Gasteiger partial charge in [0.05, 0.1) is 6.04 Å². The Bertz CT molecular complexity index is 251. The average Bonchev–Trinajstić information content (AvgIpc) is 2.38. The van der Waals surface area contributed by atoms with E-state index in [2.05, 4.69) is 41.3 Å². The fourth-order valence-corrected chi connectivity index (χ4v) is 2.00. The van der Waals surface area contributed by atoms with Crippen molar-refractivity contribution in [1.29, 1.82) is 0 Å². The number of amides is 1. The third-order valence-electron chi connectivity index (χ3n) is 3.72. The van der Waals surface area contributed by atoms with E-state index in [0.717, 1.165) is 39.3 Å². The number of carbonyl (C=O) groups excluding carboxylic acids is 1. The maximum absolute atomic E-state index is 12.0. The molecule has 0 aromatic heterocycles. The predicted octanol–water partition coefficient (Wildman–Crippen LogP) is -0.263. The zero-order valence-corrected chi connectivity index (χ0v) is 12.2. The first kappa shape index (κ1) is 15.4. The molecule has 0 aliphatic carbocycles. The second kappa shape index (κ2) is 7.71. The summed E-state index contributed by atoms with van der Waals surface area (Å²) in [5, 5.41) is 6.32. The van der Waals surface area contributed by atoms with Crippen LogP contribution < -0.4 is 10.6 Å². The van der Waals surface area contributed by atoms with Gasteiger partial charge in [-0.25, -0.2) is 0 Å². The smallest absolute Gasteiger partial charge is 0.237 e. The van der Waals surface area contributed by atoms with Crippen molar-refractivity contribution in [2.24, 2.45) is 0 Å². The van der Waals surface area contributed by atoms with Crippen molar-refractivity contribution in [2.75, 3.05) is 46.3 Å². The summed E-state index contributed by atoms with van der Waals surface area (Å²) >= 11 is 0. The zero-order valence-electron chi connectivity index (χ0n) is 12.2. The Kier molecular flexibility index (Phi) is 6.60. The van der Waals surface area contributed by atoms with Gasteiger partial charge in [-0.2, -0.15) is 0 Å². The van der Waals surface area contributed by atoms with Gasteiger partial charge in [0.2, 0.25) is 5.91 Å². The molecule has 0 aromatic carbocycles. The minimum atomic E-state index is -0.0172. The van der Waals surface area contributed by atoms with Gasteiger partial charge in [0.1, 0.15) is 0 Å². The summed E-state index contributed by atoms with van der Waals surface area (Å²) < 4.78 is 0. The van der Waals surface area contributed by atoms with Gasteiger partial charge in [0, 0.05) is 45.3 Å². The third-order valence-corrected chi connectivity index (χ3v) is 3.72. The van der Waals surface area contributed by atoms with Gasteiger partial charge in [-0.1, -0.05) is 0 Å². The Labute approximate surface area is 111 Å². The molecule has 0 spiro atoms. The lowest BCUT2D eigenvalue weighted by Gasteiger charge is -2.32. The summed E-state index contributed by atoms with van der Waals surface area (Å²) in [6, 6.07) is 0.504. The first-order valence-corrected chi connectivity index (χ1v) is 6.95.